The van der Waals surface area contributed by atoms with Crippen molar-refractivity contribution in [3.05, 3.63) is 35.9 Å². The summed E-state index contributed by atoms with van der Waals surface area (Å²) in [5.74, 6) is 3.85. The monoisotopic (exact) mass is 242 g/mol. The SMILES string of the molecule is CCSCCC(CCl)Cc1ccccc1. The molecule has 0 aliphatic carbocycles. The molecule has 2 heteroatoms. The maximum absolute atomic E-state index is 5.99. The first-order valence-corrected chi connectivity index (χ1v) is 7.23. The van der Waals surface area contributed by atoms with Crippen LogP contribution < -0.4 is 0 Å². The van der Waals surface area contributed by atoms with Gasteiger partial charge < -0.3 is 0 Å². The van der Waals surface area contributed by atoms with Gasteiger partial charge in [-0.3, -0.25) is 0 Å². The summed E-state index contributed by atoms with van der Waals surface area (Å²) in [6.45, 7) is 2.21. The molecule has 0 aromatic heterocycles. The van der Waals surface area contributed by atoms with Crippen molar-refractivity contribution in [3.63, 3.8) is 0 Å². The summed E-state index contributed by atoms with van der Waals surface area (Å²) < 4.78 is 0. The van der Waals surface area contributed by atoms with Gasteiger partial charge in [-0.2, -0.15) is 11.8 Å². The number of alkyl halides is 1. The Kier molecular flexibility index (Phi) is 6.95. The first-order valence-electron chi connectivity index (χ1n) is 5.54. The van der Waals surface area contributed by atoms with E-state index < -0.39 is 0 Å². The average Bonchev–Trinajstić information content (AvgIpc) is 2.29. The van der Waals surface area contributed by atoms with E-state index >= 15 is 0 Å². The molecule has 0 spiro atoms. The molecular weight excluding hydrogens is 224 g/mol. The zero-order valence-electron chi connectivity index (χ0n) is 9.29. The molecule has 0 saturated heterocycles. The van der Waals surface area contributed by atoms with Gasteiger partial charge in [0.2, 0.25) is 0 Å². The minimum absolute atomic E-state index is 0.633. The van der Waals surface area contributed by atoms with Gasteiger partial charge in [0, 0.05) is 5.88 Å². The van der Waals surface area contributed by atoms with Gasteiger partial charge in [-0.25, -0.2) is 0 Å². The third-order valence-corrected chi connectivity index (χ3v) is 3.83. The van der Waals surface area contributed by atoms with Gasteiger partial charge in [-0.1, -0.05) is 37.3 Å². The quantitative estimate of drug-likeness (QED) is 0.510. The fraction of sp³-hybridized carbons (Fsp3) is 0.538. The molecule has 84 valence electrons. The maximum atomic E-state index is 5.99. The molecule has 0 nitrogen and oxygen atoms in total. The fourth-order valence-corrected chi connectivity index (χ4v) is 2.63. The second-order valence-corrected chi connectivity index (χ2v) is 5.40. The Bertz CT molecular complexity index is 248. The van der Waals surface area contributed by atoms with Gasteiger partial charge in [-0.15, -0.1) is 11.6 Å². The highest BCUT2D eigenvalue weighted by atomic mass is 35.5. The highest BCUT2D eigenvalue weighted by molar-refractivity contribution is 7.99. The first kappa shape index (κ1) is 12.9. The Labute approximate surface area is 102 Å². The molecule has 0 heterocycles. The van der Waals surface area contributed by atoms with Crippen molar-refractivity contribution in [3.8, 4) is 0 Å². The molecule has 1 rings (SSSR count). The Morgan fingerprint density at radius 2 is 2.00 bits per heavy atom. The van der Waals surface area contributed by atoms with Gasteiger partial charge in [0.25, 0.3) is 0 Å². The van der Waals surface area contributed by atoms with Crippen LogP contribution in [0, 0.1) is 5.92 Å². The van der Waals surface area contributed by atoms with Gasteiger partial charge in [0.05, 0.1) is 0 Å². The summed E-state index contributed by atoms with van der Waals surface area (Å²) in [5.41, 5.74) is 1.41. The second-order valence-electron chi connectivity index (χ2n) is 3.70. The average molecular weight is 243 g/mol. The predicted octanol–water partition coefficient (Wildman–Crippen LogP) is 4.23. The van der Waals surface area contributed by atoms with Crippen LogP contribution in [0.2, 0.25) is 0 Å². The van der Waals surface area contributed by atoms with Gasteiger partial charge in [-0.05, 0) is 35.8 Å². The number of halogens is 1. The van der Waals surface area contributed by atoms with Crippen LogP contribution in [0.25, 0.3) is 0 Å². The van der Waals surface area contributed by atoms with E-state index in [1.807, 2.05) is 11.8 Å². The van der Waals surface area contributed by atoms with Crippen LogP contribution in [0.3, 0.4) is 0 Å². The highest BCUT2D eigenvalue weighted by Crippen LogP contribution is 2.16. The number of thioether (sulfide) groups is 1. The minimum Gasteiger partial charge on any atom is -0.162 e. The summed E-state index contributed by atoms with van der Waals surface area (Å²) in [7, 11) is 0. The van der Waals surface area contributed by atoms with Crippen molar-refractivity contribution in [2.45, 2.75) is 19.8 Å². The van der Waals surface area contributed by atoms with E-state index in [0.717, 1.165) is 12.3 Å². The van der Waals surface area contributed by atoms with Gasteiger partial charge in [0.15, 0.2) is 0 Å². The van der Waals surface area contributed by atoms with E-state index in [0.29, 0.717) is 5.92 Å². The molecule has 0 aliphatic rings. The molecular formula is C13H19ClS. The number of hydrogen-bond donors (Lipinski definition) is 0. The van der Waals surface area contributed by atoms with Crippen molar-refractivity contribution in [1.82, 2.24) is 0 Å². The molecule has 1 aromatic rings. The smallest absolute Gasteiger partial charge is 0.0255 e. The molecule has 1 atom stereocenters. The Morgan fingerprint density at radius 3 is 2.60 bits per heavy atom. The Balaban J connectivity index is 2.33. The van der Waals surface area contributed by atoms with E-state index in [-0.39, 0.29) is 0 Å². The summed E-state index contributed by atoms with van der Waals surface area (Å²) in [6, 6.07) is 10.6. The third-order valence-electron chi connectivity index (χ3n) is 2.46. The summed E-state index contributed by atoms with van der Waals surface area (Å²) >= 11 is 7.99. The van der Waals surface area contributed by atoms with E-state index in [4.69, 9.17) is 11.6 Å². The summed E-state index contributed by atoms with van der Waals surface area (Å²) in [6.07, 6.45) is 2.35. The molecule has 1 unspecified atom stereocenters. The van der Waals surface area contributed by atoms with Crippen molar-refractivity contribution in [1.29, 1.82) is 0 Å². The van der Waals surface area contributed by atoms with Crippen LogP contribution in [0.5, 0.6) is 0 Å². The van der Waals surface area contributed by atoms with Gasteiger partial charge >= 0.3 is 0 Å². The molecule has 0 radical (unpaired) electrons. The lowest BCUT2D eigenvalue weighted by Crippen LogP contribution is -2.07. The second kappa shape index (κ2) is 8.06. The van der Waals surface area contributed by atoms with E-state index in [1.165, 1.54) is 23.5 Å². The zero-order chi connectivity index (χ0) is 10.9. The zero-order valence-corrected chi connectivity index (χ0v) is 10.9. The number of benzene rings is 1. The maximum Gasteiger partial charge on any atom is 0.0255 e. The van der Waals surface area contributed by atoms with E-state index in [2.05, 4.69) is 37.3 Å². The normalized spacial score (nSPS) is 12.7. The topological polar surface area (TPSA) is 0 Å². The van der Waals surface area contributed by atoms with Gasteiger partial charge in [0.1, 0.15) is 0 Å². The Hall–Kier alpha value is -0.140. The molecule has 0 aliphatic heterocycles. The van der Waals surface area contributed by atoms with Crippen LogP contribution in [0.1, 0.15) is 18.9 Å². The lowest BCUT2D eigenvalue weighted by molar-refractivity contribution is 0.571. The summed E-state index contributed by atoms with van der Waals surface area (Å²) in [5, 5.41) is 0. The highest BCUT2D eigenvalue weighted by Gasteiger charge is 2.07. The molecule has 15 heavy (non-hydrogen) atoms. The lowest BCUT2D eigenvalue weighted by atomic mass is 9.99. The number of hydrogen-bond acceptors (Lipinski definition) is 1. The Morgan fingerprint density at radius 1 is 1.27 bits per heavy atom. The lowest BCUT2D eigenvalue weighted by Gasteiger charge is -2.13. The van der Waals surface area contributed by atoms with Crippen molar-refractivity contribution in [2.75, 3.05) is 17.4 Å². The minimum atomic E-state index is 0.633. The standard InChI is InChI=1S/C13H19ClS/c1-2-15-9-8-13(11-14)10-12-6-4-3-5-7-12/h3-7,13H,2,8-11H2,1H3. The van der Waals surface area contributed by atoms with Crippen molar-refractivity contribution in [2.24, 2.45) is 5.92 Å². The first-order chi connectivity index (χ1) is 7.36. The van der Waals surface area contributed by atoms with Crippen molar-refractivity contribution >= 4 is 23.4 Å². The molecule has 0 bridgehead atoms. The summed E-state index contributed by atoms with van der Waals surface area (Å²) in [4.78, 5) is 0. The molecule has 0 fully saturated rings. The van der Waals surface area contributed by atoms with Crippen LogP contribution in [-0.4, -0.2) is 17.4 Å². The largest absolute Gasteiger partial charge is 0.162 e. The van der Waals surface area contributed by atoms with Crippen LogP contribution in [0.15, 0.2) is 30.3 Å². The molecule has 1 aromatic carbocycles. The molecule has 0 amide bonds. The molecule has 0 N–H and O–H groups in total. The van der Waals surface area contributed by atoms with Crippen LogP contribution in [0.4, 0.5) is 0 Å². The van der Waals surface area contributed by atoms with Crippen molar-refractivity contribution < 1.29 is 0 Å². The van der Waals surface area contributed by atoms with Crippen LogP contribution in [-0.2, 0) is 6.42 Å². The third kappa shape index (κ3) is 5.48. The van der Waals surface area contributed by atoms with E-state index in [1.54, 1.807) is 0 Å². The van der Waals surface area contributed by atoms with Crippen LogP contribution >= 0.6 is 23.4 Å². The van der Waals surface area contributed by atoms with E-state index in [9.17, 15) is 0 Å². The predicted molar refractivity (Wildman–Crippen MR) is 72.0 cm³/mol. The fourth-order valence-electron chi connectivity index (χ4n) is 1.58. The molecule has 0 saturated carbocycles. The number of rotatable bonds is 7.